The lowest BCUT2D eigenvalue weighted by Crippen LogP contribution is -2.39. The van der Waals surface area contributed by atoms with Crippen molar-refractivity contribution in [3.8, 4) is 0 Å². The number of anilines is 1. The highest BCUT2D eigenvalue weighted by molar-refractivity contribution is 7.11. The largest absolute Gasteiger partial charge is 0.378 e. The molecule has 0 bridgehead atoms. The molecule has 0 saturated heterocycles. The Morgan fingerprint density at radius 3 is 2.52 bits per heavy atom. The minimum atomic E-state index is -0.467. The zero-order chi connectivity index (χ0) is 20.7. The van der Waals surface area contributed by atoms with Gasteiger partial charge in [-0.05, 0) is 49.1 Å². The zero-order valence-electron chi connectivity index (χ0n) is 16.7. The Morgan fingerprint density at radius 2 is 1.93 bits per heavy atom. The average Bonchev–Trinajstić information content (AvgIpc) is 3.29. The molecular formula is C22H21N3O2S2. The van der Waals surface area contributed by atoms with Crippen molar-refractivity contribution < 1.29 is 4.79 Å². The quantitative estimate of drug-likeness (QED) is 0.648. The van der Waals surface area contributed by atoms with Crippen molar-refractivity contribution in [2.45, 2.75) is 19.9 Å². The lowest BCUT2D eigenvalue weighted by Gasteiger charge is -2.25. The third kappa shape index (κ3) is 3.52. The van der Waals surface area contributed by atoms with Gasteiger partial charge in [0, 0.05) is 35.9 Å². The van der Waals surface area contributed by atoms with E-state index in [0.29, 0.717) is 20.6 Å². The molecule has 0 saturated carbocycles. The van der Waals surface area contributed by atoms with Crippen LogP contribution in [0, 0.1) is 0 Å². The standard InChI is InChI=1S/C22H21N3O2S2/c1-13-19(14(2)26)20(15-7-9-16(10-8-15)24(3)4)25-21(27)18(29-22(25)23-13)12-17-6-5-11-28-17/h5-12,20H,1-4H3. The number of thiazole rings is 1. The highest BCUT2D eigenvalue weighted by Crippen LogP contribution is 2.31. The number of fused-ring (bicyclic) bond motifs is 1. The second-order valence-corrected chi connectivity index (χ2v) is 9.13. The first-order valence-electron chi connectivity index (χ1n) is 9.21. The van der Waals surface area contributed by atoms with Crippen molar-refractivity contribution >= 4 is 40.2 Å². The van der Waals surface area contributed by atoms with E-state index in [1.807, 2.05) is 73.8 Å². The van der Waals surface area contributed by atoms with Crippen molar-refractivity contribution in [3.63, 3.8) is 0 Å². The van der Waals surface area contributed by atoms with E-state index in [1.54, 1.807) is 15.9 Å². The van der Waals surface area contributed by atoms with Gasteiger partial charge in [0.15, 0.2) is 10.6 Å². The second-order valence-electron chi connectivity index (χ2n) is 7.14. The van der Waals surface area contributed by atoms with E-state index < -0.39 is 6.04 Å². The number of benzene rings is 1. The summed E-state index contributed by atoms with van der Waals surface area (Å²) in [6, 6.07) is 11.4. The van der Waals surface area contributed by atoms with Gasteiger partial charge >= 0.3 is 0 Å². The van der Waals surface area contributed by atoms with Gasteiger partial charge in [0.2, 0.25) is 0 Å². The van der Waals surface area contributed by atoms with Gasteiger partial charge in [-0.25, -0.2) is 4.99 Å². The van der Waals surface area contributed by atoms with Crippen LogP contribution < -0.4 is 19.8 Å². The van der Waals surface area contributed by atoms with Crippen LogP contribution in [0.3, 0.4) is 0 Å². The third-order valence-electron chi connectivity index (χ3n) is 4.94. The molecule has 0 amide bonds. The summed E-state index contributed by atoms with van der Waals surface area (Å²) in [5, 5.41) is 1.98. The molecule has 4 rings (SSSR count). The number of carbonyl (C=O) groups is 1. The maximum atomic E-state index is 13.3. The smallest absolute Gasteiger partial charge is 0.271 e. The summed E-state index contributed by atoms with van der Waals surface area (Å²) < 4.78 is 2.29. The van der Waals surface area contributed by atoms with Crippen LogP contribution in [0.2, 0.25) is 0 Å². The number of carbonyl (C=O) groups excluding carboxylic acids is 1. The molecule has 3 aromatic rings. The van der Waals surface area contributed by atoms with E-state index in [-0.39, 0.29) is 11.3 Å². The molecule has 1 aliphatic heterocycles. The van der Waals surface area contributed by atoms with Gasteiger partial charge in [-0.15, -0.1) is 11.3 Å². The molecule has 1 unspecified atom stereocenters. The van der Waals surface area contributed by atoms with Crippen LogP contribution in [0.25, 0.3) is 6.08 Å². The molecule has 148 valence electrons. The molecule has 1 aromatic carbocycles. The van der Waals surface area contributed by atoms with E-state index in [2.05, 4.69) is 4.99 Å². The van der Waals surface area contributed by atoms with Gasteiger partial charge in [0.05, 0.1) is 10.6 Å². The van der Waals surface area contributed by atoms with Crippen LogP contribution in [0.1, 0.15) is 30.3 Å². The summed E-state index contributed by atoms with van der Waals surface area (Å²) in [5.41, 5.74) is 3.08. The lowest BCUT2D eigenvalue weighted by atomic mass is 9.93. The highest BCUT2D eigenvalue weighted by Gasteiger charge is 2.30. The van der Waals surface area contributed by atoms with Gasteiger partial charge in [0.1, 0.15) is 0 Å². The predicted molar refractivity (Wildman–Crippen MR) is 120 cm³/mol. The minimum Gasteiger partial charge on any atom is -0.378 e. The van der Waals surface area contributed by atoms with Crippen molar-refractivity contribution in [1.29, 1.82) is 0 Å². The highest BCUT2D eigenvalue weighted by atomic mass is 32.1. The zero-order valence-corrected chi connectivity index (χ0v) is 18.3. The summed E-state index contributed by atoms with van der Waals surface area (Å²) >= 11 is 2.95. The molecule has 2 aromatic heterocycles. The molecule has 1 aliphatic rings. The maximum absolute atomic E-state index is 13.3. The van der Waals surface area contributed by atoms with Crippen LogP contribution in [0.4, 0.5) is 5.69 Å². The van der Waals surface area contributed by atoms with Gasteiger partial charge in [-0.1, -0.05) is 29.5 Å². The topological polar surface area (TPSA) is 54.7 Å². The monoisotopic (exact) mass is 423 g/mol. The van der Waals surface area contributed by atoms with Gasteiger partial charge in [-0.2, -0.15) is 0 Å². The molecule has 5 nitrogen and oxygen atoms in total. The fourth-order valence-corrected chi connectivity index (χ4v) is 5.31. The molecule has 0 N–H and O–H groups in total. The number of thiophene rings is 1. The third-order valence-corrected chi connectivity index (χ3v) is 6.74. The summed E-state index contributed by atoms with van der Waals surface area (Å²) in [5.74, 6) is -0.0690. The lowest BCUT2D eigenvalue weighted by molar-refractivity contribution is -0.114. The van der Waals surface area contributed by atoms with Crippen molar-refractivity contribution in [2.24, 2.45) is 4.99 Å². The van der Waals surface area contributed by atoms with Gasteiger partial charge in [0.25, 0.3) is 5.56 Å². The van der Waals surface area contributed by atoms with Crippen LogP contribution in [0.5, 0.6) is 0 Å². The van der Waals surface area contributed by atoms with Gasteiger partial charge < -0.3 is 4.90 Å². The first kappa shape index (κ1) is 19.5. The molecule has 3 heterocycles. The molecule has 0 spiro atoms. The molecule has 0 radical (unpaired) electrons. The number of allylic oxidation sites excluding steroid dienone is 2. The molecule has 7 heteroatoms. The summed E-state index contributed by atoms with van der Waals surface area (Å²) in [6.07, 6.45) is 1.90. The van der Waals surface area contributed by atoms with Crippen molar-refractivity contribution in [3.05, 3.63) is 83.2 Å². The molecule has 1 atom stereocenters. The van der Waals surface area contributed by atoms with Crippen LogP contribution in [-0.2, 0) is 4.79 Å². The van der Waals surface area contributed by atoms with Gasteiger partial charge in [-0.3, -0.25) is 14.2 Å². The Kier molecular flexibility index (Phi) is 5.10. The molecule has 29 heavy (non-hydrogen) atoms. The fourth-order valence-electron chi connectivity index (χ4n) is 3.54. The SMILES string of the molecule is CC(=O)C1=C(C)N=c2sc(=Cc3cccs3)c(=O)n2C1c1ccc(N(C)C)cc1. The Labute approximate surface area is 176 Å². The number of rotatable bonds is 4. The second kappa shape index (κ2) is 7.57. The molecule has 0 aliphatic carbocycles. The Balaban J connectivity index is 1.95. The Bertz CT molecular complexity index is 1280. The number of aromatic nitrogens is 1. The van der Waals surface area contributed by atoms with E-state index >= 15 is 0 Å². The number of nitrogens with zero attached hydrogens (tertiary/aromatic N) is 3. The Hall–Kier alpha value is -2.77. The van der Waals surface area contributed by atoms with Crippen LogP contribution in [-0.4, -0.2) is 24.4 Å². The first-order valence-corrected chi connectivity index (χ1v) is 10.9. The average molecular weight is 424 g/mol. The van der Waals surface area contributed by atoms with Crippen molar-refractivity contribution in [2.75, 3.05) is 19.0 Å². The fraction of sp³-hybridized carbons (Fsp3) is 0.227. The van der Waals surface area contributed by atoms with Crippen LogP contribution >= 0.6 is 22.7 Å². The van der Waals surface area contributed by atoms with E-state index in [0.717, 1.165) is 16.1 Å². The van der Waals surface area contributed by atoms with Crippen molar-refractivity contribution in [1.82, 2.24) is 4.57 Å². The first-order chi connectivity index (χ1) is 13.9. The summed E-state index contributed by atoms with van der Waals surface area (Å²) in [7, 11) is 3.96. The molecular weight excluding hydrogens is 402 g/mol. The number of hydrogen-bond donors (Lipinski definition) is 0. The Morgan fingerprint density at radius 1 is 1.21 bits per heavy atom. The maximum Gasteiger partial charge on any atom is 0.271 e. The number of Topliss-reactive ketones (excluding diaryl/α,β-unsaturated/α-hetero) is 1. The number of ketones is 1. The van der Waals surface area contributed by atoms with E-state index in [9.17, 15) is 9.59 Å². The normalized spacial score (nSPS) is 16.6. The minimum absolute atomic E-state index is 0.0690. The van der Waals surface area contributed by atoms with E-state index in [1.165, 1.54) is 18.3 Å². The number of hydrogen-bond acceptors (Lipinski definition) is 6. The predicted octanol–water partition coefficient (Wildman–Crippen LogP) is 2.95. The summed E-state index contributed by atoms with van der Waals surface area (Å²) in [4.78, 5) is 34.1. The summed E-state index contributed by atoms with van der Waals surface area (Å²) in [6.45, 7) is 3.38. The molecule has 0 fully saturated rings. The van der Waals surface area contributed by atoms with E-state index in [4.69, 9.17) is 0 Å². The van der Waals surface area contributed by atoms with Crippen LogP contribution in [0.15, 0.2) is 62.8 Å².